The lowest BCUT2D eigenvalue weighted by Gasteiger charge is -2.29. The van der Waals surface area contributed by atoms with Crippen molar-refractivity contribution in [1.82, 2.24) is 5.43 Å². The Morgan fingerprint density at radius 2 is 2.00 bits per heavy atom. The van der Waals surface area contributed by atoms with Crippen LogP contribution in [-0.4, -0.2) is 17.0 Å². The van der Waals surface area contributed by atoms with Crippen molar-refractivity contribution in [3.63, 3.8) is 0 Å². The van der Waals surface area contributed by atoms with Gasteiger partial charge in [-0.15, -0.1) is 0 Å². The fourth-order valence-corrected chi connectivity index (χ4v) is 4.24. The van der Waals surface area contributed by atoms with Crippen LogP contribution >= 0.6 is 11.8 Å². The second-order valence-corrected chi connectivity index (χ2v) is 6.73. The highest BCUT2D eigenvalue weighted by atomic mass is 32.2. The van der Waals surface area contributed by atoms with E-state index in [1.807, 2.05) is 0 Å². The number of thioether (sulfide) groups is 1. The van der Waals surface area contributed by atoms with Gasteiger partial charge in [0.05, 0.1) is 0 Å². The van der Waals surface area contributed by atoms with E-state index < -0.39 is 0 Å². The van der Waals surface area contributed by atoms with Gasteiger partial charge in [-0.05, 0) is 44.4 Å². The Hall–Kier alpha value is -0.510. The monoisotopic (exact) mass is 264 g/mol. The van der Waals surface area contributed by atoms with E-state index in [0.717, 1.165) is 6.42 Å². The summed E-state index contributed by atoms with van der Waals surface area (Å²) in [5.74, 6) is 7.05. The summed E-state index contributed by atoms with van der Waals surface area (Å²) >= 11 is 2.08. The molecule has 3 N–H and O–H groups in total. The highest BCUT2D eigenvalue weighted by Crippen LogP contribution is 2.28. The fourth-order valence-electron chi connectivity index (χ4n) is 2.82. The molecule has 0 saturated carbocycles. The van der Waals surface area contributed by atoms with E-state index in [-0.39, 0.29) is 0 Å². The van der Waals surface area contributed by atoms with Gasteiger partial charge in [-0.25, -0.2) is 0 Å². The van der Waals surface area contributed by atoms with Crippen molar-refractivity contribution in [2.45, 2.75) is 50.8 Å². The lowest BCUT2D eigenvalue weighted by Crippen LogP contribution is -2.45. The molecule has 1 aliphatic rings. The minimum Gasteiger partial charge on any atom is -0.271 e. The van der Waals surface area contributed by atoms with Crippen LogP contribution < -0.4 is 11.3 Å². The fraction of sp³-hybridized carbons (Fsp3) is 0.600. The van der Waals surface area contributed by atoms with E-state index in [0.29, 0.717) is 11.3 Å². The molecule has 1 heterocycles. The Balaban J connectivity index is 2.04. The minimum absolute atomic E-state index is 0.400. The molecule has 2 nitrogen and oxygen atoms in total. The Labute approximate surface area is 115 Å². The summed E-state index contributed by atoms with van der Waals surface area (Å²) in [6, 6.07) is 7.19. The van der Waals surface area contributed by atoms with Crippen molar-refractivity contribution < 1.29 is 0 Å². The van der Waals surface area contributed by atoms with E-state index in [2.05, 4.69) is 49.2 Å². The number of aryl methyl sites for hydroxylation is 2. The number of hydrazine groups is 1. The molecular weight excluding hydrogens is 240 g/mol. The Kier molecular flexibility index (Phi) is 5.10. The van der Waals surface area contributed by atoms with Gasteiger partial charge in [0.15, 0.2) is 0 Å². The summed E-state index contributed by atoms with van der Waals surface area (Å²) in [7, 11) is 0. The smallest absolute Gasteiger partial charge is 0.0369 e. The van der Waals surface area contributed by atoms with E-state index in [1.54, 1.807) is 0 Å². The van der Waals surface area contributed by atoms with Crippen LogP contribution in [0.25, 0.3) is 0 Å². The zero-order valence-electron chi connectivity index (χ0n) is 11.4. The quantitative estimate of drug-likeness (QED) is 0.648. The topological polar surface area (TPSA) is 38.0 Å². The van der Waals surface area contributed by atoms with Gasteiger partial charge in [0.1, 0.15) is 0 Å². The molecular formula is C15H24N2S. The van der Waals surface area contributed by atoms with Gasteiger partial charge in [-0.3, -0.25) is 11.3 Å². The maximum Gasteiger partial charge on any atom is 0.0369 e. The number of hydrogen-bond donors (Lipinski definition) is 2. The lowest BCUT2D eigenvalue weighted by atomic mass is 9.97. The maximum atomic E-state index is 5.76. The number of benzene rings is 1. The molecule has 2 atom stereocenters. The molecule has 18 heavy (non-hydrogen) atoms. The molecule has 0 amide bonds. The first-order valence-corrected chi connectivity index (χ1v) is 7.89. The largest absolute Gasteiger partial charge is 0.271 e. The molecule has 0 radical (unpaired) electrons. The highest BCUT2D eigenvalue weighted by Gasteiger charge is 2.23. The van der Waals surface area contributed by atoms with Crippen molar-refractivity contribution in [3.05, 3.63) is 34.9 Å². The first-order valence-electron chi connectivity index (χ1n) is 6.84. The van der Waals surface area contributed by atoms with Gasteiger partial charge in [0, 0.05) is 11.3 Å². The summed E-state index contributed by atoms with van der Waals surface area (Å²) < 4.78 is 0. The number of nitrogens with two attached hydrogens (primary N) is 1. The zero-order chi connectivity index (χ0) is 13.0. The molecule has 2 rings (SSSR count). The number of nitrogens with one attached hydrogen (secondary N) is 1. The van der Waals surface area contributed by atoms with Crippen molar-refractivity contribution in [1.29, 1.82) is 0 Å². The molecule has 3 heteroatoms. The van der Waals surface area contributed by atoms with Crippen LogP contribution in [0.1, 0.15) is 36.0 Å². The average molecular weight is 264 g/mol. The summed E-state index contributed by atoms with van der Waals surface area (Å²) in [6.07, 6.45) is 5.05. The Morgan fingerprint density at radius 3 is 2.56 bits per heavy atom. The van der Waals surface area contributed by atoms with Crippen LogP contribution in [0.15, 0.2) is 18.2 Å². The second-order valence-electron chi connectivity index (χ2n) is 5.38. The third-order valence-corrected chi connectivity index (χ3v) is 5.13. The van der Waals surface area contributed by atoms with E-state index >= 15 is 0 Å². The van der Waals surface area contributed by atoms with Crippen molar-refractivity contribution >= 4 is 11.8 Å². The number of hydrogen-bond acceptors (Lipinski definition) is 3. The summed E-state index contributed by atoms with van der Waals surface area (Å²) in [6.45, 7) is 4.33. The predicted octanol–water partition coefficient (Wildman–Crippen LogP) is 2.96. The Morgan fingerprint density at radius 1 is 1.28 bits per heavy atom. The van der Waals surface area contributed by atoms with Gasteiger partial charge in [-0.1, -0.05) is 35.7 Å². The summed E-state index contributed by atoms with van der Waals surface area (Å²) in [5.41, 5.74) is 7.13. The molecule has 1 aliphatic heterocycles. The third kappa shape index (κ3) is 3.74. The van der Waals surface area contributed by atoms with Gasteiger partial charge in [-0.2, -0.15) is 11.8 Å². The van der Waals surface area contributed by atoms with Crippen molar-refractivity contribution in [2.24, 2.45) is 5.84 Å². The van der Waals surface area contributed by atoms with Gasteiger partial charge < -0.3 is 0 Å². The molecule has 1 aromatic carbocycles. The maximum absolute atomic E-state index is 5.76. The van der Waals surface area contributed by atoms with Crippen LogP contribution in [0.4, 0.5) is 0 Å². The van der Waals surface area contributed by atoms with Gasteiger partial charge in [0.25, 0.3) is 0 Å². The Bertz CT molecular complexity index is 366. The molecule has 2 unspecified atom stereocenters. The second kappa shape index (κ2) is 6.60. The molecule has 0 aliphatic carbocycles. The summed E-state index contributed by atoms with van der Waals surface area (Å²) in [4.78, 5) is 0. The lowest BCUT2D eigenvalue weighted by molar-refractivity contribution is 0.472. The molecule has 1 fully saturated rings. The van der Waals surface area contributed by atoms with E-state index in [9.17, 15) is 0 Å². The standard InChI is InChI=1S/C15H24N2S/c1-11-7-12(2)9-13(8-11)10-14(17-16)15-5-3-4-6-18-15/h7-9,14-15,17H,3-6,10,16H2,1-2H3. The zero-order valence-corrected chi connectivity index (χ0v) is 12.2. The van der Waals surface area contributed by atoms with Crippen molar-refractivity contribution in [3.8, 4) is 0 Å². The van der Waals surface area contributed by atoms with Crippen LogP contribution in [0.5, 0.6) is 0 Å². The summed E-state index contributed by atoms with van der Waals surface area (Å²) in [5, 5.41) is 0.671. The number of rotatable bonds is 4. The van der Waals surface area contributed by atoms with Gasteiger partial charge >= 0.3 is 0 Å². The molecule has 0 bridgehead atoms. The molecule has 1 saturated heterocycles. The first-order chi connectivity index (χ1) is 8.69. The van der Waals surface area contributed by atoms with E-state index in [4.69, 9.17) is 5.84 Å². The van der Waals surface area contributed by atoms with Gasteiger partial charge in [0.2, 0.25) is 0 Å². The predicted molar refractivity (Wildman–Crippen MR) is 80.8 cm³/mol. The highest BCUT2D eigenvalue weighted by molar-refractivity contribution is 8.00. The first kappa shape index (κ1) is 13.9. The molecule has 100 valence electrons. The van der Waals surface area contributed by atoms with Crippen LogP contribution in [0.2, 0.25) is 0 Å². The SMILES string of the molecule is Cc1cc(C)cc(CC(NN)C2CCCCS2)c1. The van der Waals surface area contributed by atoms with E-state index in [1.165, 1.54) is 41.7 Å². The van der Waals surface area contributed by atoms with Crippen LogP contribution in [0, 0.1) is 13.8 Å². The van der Waals surface area contributed by atoms with Crippen LogP contribution in [-0.2, 0) is 6.42 Å². The minimum atomic E-state index is 0.400. The molecule has 0 spiro atoms. The normalized spacial score (nSPS) is 21.8. The molecule has 0 aromatic heterocycles. The molecule has 1 aromatic rings. The van der Waals surface area contributed by atoms with Crippen molar-refractivity contribution in [2.75, 3.05) is 5.75 Å². The third-order valence-electron chi connectivity index (χ3n) is 3.61. The van der Waals surface area contributed by atoms with Crippen LogP contribution in [0.3, 0.4) is 0 Å². The average Bonchev–Trinajstić information content (AvgIpc) is 2.36.